The van der Waals surface area contributed by atoms with Crippen molar-refractivity contribution in [3.05, 3.63) is 60.6 Å². The number of carbonyl (C=O) groups is 2. The normalized spacial score (nSPS) is 13.8. The average molecular weight is 384 g/mol. The first-order valence-corrected chi connectivity index (χ1v) is 8.79. The number of rotatable bonds is 5. The summed E-state index contributed by atoms with van der Waals surface area (Å²) in [5, 5.41) is 2.71. The van der Waals surface area contributed by atoms with Gasteiger partial charge in [0.1, 0.15) is 11.4 Å². The number of halogens is 1. The highest BCUT2D eigenvalue weighted by Crippen LogP contribution is 2.22. The van der Waals surface area contributed by atoms with E-state index in [1.165, 1.54) is 13.2 Å². The molecule has 1 aromatic heterocycles. The van der Waals surface area contributed by atoms with E-state index < -0.39 is 11.7 Å². The van der Waals surface area contributed by atoms with Crippen molar-refractivity contribution in [2.24, 2.45) is 0 Å². The minimum Gasteiger partial charge on any atom is -0.480 e. The Balaban J connectivity index is 1.64. The predicted octanol–water partition coefficient (Wildman–Crippen LogP) is 2.32. The van der Waals surface area contributed by atoms with Gasteiger partial charge in [0.05, 0.1) is 13.3 Å². The predicted molar refractivity (Wildman–Crippen MR) is 104 cm³/mol. The molecule has 1 aromatic carbocycles. The number of nitrogens with one attached hydrogen (secondary N) is 1. The number of hydrogen-bond donors (Lipinski definition) is 1. The van der Waals surface area contributed by atoms with E-state index in [9.17, 15) is 14.0 Å². The molecule has 1 fully saturated rings. The Kier molecular flexibility index (Phi) is 5.88. The van der Waals surface area contributed by atoms with E-state index in [2.05, 4.69) is 21.8 Å². The van der Waals surface area contributed by atoms with Crippen molar-refractivity contribution < 1.29 is 18.7 Å². The van der Waals surface area contributed by atoms with Crippen molar-refractivity contribution in [1.82, 2.24) is 9.88 Å². The lowest BCUT2D eigenvalue weighted by Crippen LogP contribution is -2.48. The Labute approximate surface area is 162 Å². The first kappa shape index (κ1) is 19.3. The van der Waals surface area contributed by atoms with Crippen molar-refractivity contribution >= 4 is 23.2 Å². The number of aromatic nitrogens is 1. The van der Waals surface area contributed by atoms with Crippen LogP contribution in [0.25, 0.3) is 0 Å². The van der Waals surface area contributed by atoms with E-state index in [0.29, 0.717) is 18.8 Å². The number of anilines is 2. The second kappa shape index (κ2) is 8.51. The highest BCUT2D eigenvalue weighted by atomic mass is 19.1. The maximum absolute atomic E-state index is 13.4. The van der Waals surface area contributed by atoms with Gasteiger partial charge in [-0.2, -0.15) is 0 Å². The zero-order valence-corrected chi connectivity index (χ0v) is 15.5. The van der Waals surface area contributed by atoms with Crippen LogP contribution in [-0.2, 0) is 4.79 Å². The number of ether oxygens (including phenoxy) is 1. The van der Waals surface area contributed by atoms with E-state index in [-0.39, 0.29) is 17.4 Å². The van der Waals surface area contributed by atoms with Crippen LogP contribution >= 0.6 is 0 Å². The second-order valence-corrected chi connectivity index (χ2v) is 6.23. The molecule has 7 nitrogen and oxygen atoms in total. The van der Waals surface area contributed by atoms with Gasteiger partial charge < -0.3 is 19.9 Å². The second-order valence-electron chi connectivity index (χ2n) is 6.23. The zero-order valence-electron chi connectivity index (χ0n) is 15.5. The first-order chi connectivity index (χ1) is 13.5. The summed E-state index contributed by atoms with van der Waals surface area (Å²) in [6.07, 6.45) is 2.32. The van der Waals surface area contributed by atoms with Crippen LogP contribution < -0.4 is 15.0 Å². The summed E-state index contributed by atoms with van der Waals surface area (Å²) in [6, 6.07) is 8.41. The minimum atomic E-state index is -0.615. The molecule has 1 aliphatic heterocycles. The third-order valence-corrected chi connectivity index (χ3v) is 4.51. The summed E-state index contributed by atoms with van der Waals surface area (Å²) < 4.78 is 18.4. The Morgan fingerprint density at radius 2 is 1.89 bits per heavy atom. The van der Waals surface area contributed by atoms with Gasteiger partial charge in [0, 0.05) is 37.6 Å². The standard InChI is InChI=1S/C20H21FN4O3/c1-3-18(26)25-10-8-24(9-11-25)16-6-4-15(5-7-16)23-19(27)17-12-14(21)13-22-20(17)28-2/h3-7,12-13H,1,8-11H2,2H3,(H,23,27). The van der Waals surface area contributed by atoms with Gasteiger partial charge in [0.15, 0.2) is 0 Å². The lowest BCUT2D eigenvalue weighted by Gasteiger charge is -2.35. The summed E-state index contributed by atoms with van der Waals surface area (Å²) in [5.74, 6) is -1.12. The molecule has 28 heavy (non-hydrogen) atoms. The monoisotopic (exact) mass is 384 g/mol. The quantitative estimate of drug-likeness (QED) is 0.801. The summed E-state index contributed by atoms with van der Waals surface area (Å²) >= 11 is 0. The van der Waals surface area contributed by atoms with Crippen molar-refractivity contribution in [2.75, 3.05) is 43.5 Å². The van der Waals surface area contributed by atoms with Gasteiger partial charge in [0.2, 0.25) is 11.8 Å². The molecule has 2 heterocycles. The fourth-order valence-electron chi connectivity index (χ4n) is 3.02. The van der Waals surface area contributed by atoms with E-state index in [1.807, 2.05) is 12.1 Å². The van der Waals surface area contributed by atoms with Gasteiger partial charge in [-0.15, -0.1) is 0 Å². The molecule has 2 aromatic rings. The van der Waals surface area contributed by atoms with E-state index in [1.54, 1.807) is 17.0 Å². The van der Waals surface area contributed by atoms with Crippen LogP contribution in [0.5, 0.6) is 5.88 Å². The van der Waals surface area contributed by atoms with Crippen LogP contribution in [-0.4, -0.2) is 55.0 Å². The van der Waals surface area contributed by atoms with Crippen molar-refractivity contribution in [2.45, 2.75) is 0 Å². The Morgan fingerprint density at radius 1 is 1.21 bits per heavy atom. The number of amides is 2. The van der Waals surface area contributed by atoms with Crippen LogP contribution in [0.3, 0.4) is 0 Å². The number of piperazine rings is 1. The van der Waals surface area contributed by atoms with Gasteiger partial charge in [-0.05, 0) is 36.4 Å². The topological polar surface area (TPSA) is 74.8 Å². The molecule has 8 heteroatoms. The molecule has 0 aliphatic carbocycles. The van der Waals surface area contributed by atoms with Crippen LogP contribution in [0.4, 0.5) is 15.8 Å². The van der Waals surface area contributed by atoms with Crippen molar-refractivity contribution in [1.29, 1.82) is 0 Å². The molecule has 146 valence electrons. The smallest absolute Gasteiger partial charge is 0.261 e. The van der Waals surface area contributed by atoms with Crippen LogP contribution in [0, 0.1) is 5.82 Å². The van der Waals surface area contributed by atoms with Crippen LogP contribution in [0.2, 0.25) is 0 Å². The van der Waals surface area contributed by atoms with Gasteiger partial charge in [0.25, 0.3) is 5.91 Å². The van der Waals surface area contributed by atoms with E-state index in [0.717, 1.165) is 31.0 Å². The largest absolute Gasteiger partial charge is 0.480 e. The van der Waals surface area contributed by atoms with E-state index in [4.69, 9.17) is 4.74 Å². The van der Waals surface area contributed by atoms with Crippen molar-refractivity contribution in [3.63, 3.8) is 0 Å². The lowest BCUT2D eigenvalue weighted by molar-refractivity contribution is -0.126. The molecule has 0 bridgehead atoms. The summed E-state index contributed by atoms with van der Waals surface area (Å²) in [5.41, 5.74) is 1.59. The number of nitrogens with zero attached hydrogens (tertiary/aromatic N) is 3. The number of hydrogen-bond acceptors (Lipinski definition) is 5. The third-order valence-electron chi connectivity index (χ3n) is 4.51. The maximum Gasteiger partial charge on any atom is 0.261 e. The fraction of sp³-hybridized carbons (Fsp3) is 0.250. The molecule has 0 saturated carbocycles. The fourth-order valence-corrected chi connectivity index (χ4v) is 3.02. The van der Waals surface area contributed by atoms with E-state index >= 15 is 0 Å². The van der Waals surface area contributed by atoms with Gasteiger partial charge >= 0.3 is 0 Å². The molecule has 1 saturated heterocycles. The van der Waals surface area contributed by atoms with Gasteiger partial charge in [-0.1, -0.05) is 6.58 Å². The number of carbonyl (C=O) groups excluding carboxylic acids is 2. The van der Waals surface area contributed by atoms with Crippen molar-refractivity contribution in [3.8, 4) is 5.88 Å². The number of pyridine rings is 1. The van der Waals surface area contributed by atoms with Gasteiger partial charge in [-0.25, -0.2) is 9.37 Å². The first-order valence-electron chi connectivity index (χ1n) is 8.79. The Hall–Kier alpha value is -3.42. The third kappa shape index (κ3) is 4.28. The molecule has 0 spiro atoms. The maximum atomic E-state index is 13.4. The molecule has 3 rings (SSSR count). The molecule has 0 unspecified atom stereocenters. The highest BCUT2D eigenvalue weighted by Gasteiger charge is 2.20. The highest BCUT2D eigenvalue weighted by molar-refractivity contribution is 6.05. The van der Waals surface area contributed by atoms with Gasteiger partial charge in [-0.3, -0.25) is 9.59 Å². The Morgan fingerprint density at radius 3 is 2.50 bits per heavy atom. The molecular weight excluding hydrogens is 363 g/mol. The number of methoxy groups -OCH3 is 1. The molecule has 1 aliphatic rings. The summed E-state index contributed by atoms with van der Waals surface area (Å²) in [6.45, 7) is 6.22. The average Bonchev–Trinajstić information content (AvgIpc) is 2.73. The Bertz CT molecular complexity index is 878. The molecule has 0 atom stereocenters. The lowest BCUT2D eigenvalue weighted by atomic mass is 10.2. The minimum absolute atomic E-state index is 0.0228. The number of benzene rings is 1. The molecular formula is C20H21FN4O3. The van der Waals surface area contributed by atoms with Crippen LogP contribution in [0.15, 0.2) is 49.2 Å². The van der Waals surface area contributed by atoms with Crippen LogP contribution in [0.1, 0.15) is 10.4 Å². The zero-order chi connectivity index (χ0) is 20.1. The molecule has 1 N–H and O–H groups in total. The summed E-state index contributed by atoms with van der Waals surface area (Å²) in [7, 11) is 1.37. The molecule has 2 amide bonds. The summed E-state index contributed by atoms with van der Waals surface area (Å²) in [4.78, 5) is 31.7. The molecule has 0 radical (unpaired) electrons. The SMILES string of the molecule is C=CC(=O)N1CCN(c2ccc(NC(=O)c3cc(F)cnc3OC)cc2)CC1.